The van der Waals surface area contributed by atoms with E-state index in [9.17, 15) is 0 Å². The summed E-state index contributed by atoms with van der Waals surface area (Å²) in [7, 11) is 0. The Hall–Kier alpha value is -0.0400. The molecule has 0 saturated heterocycles. The fourth-order valence-corrected chi connectivity index (χ4v) is 2.52. The van der Waals surface area contributed by atoms with E-state index in [1.807, 2.05) is 0 Å². The average molecular weight is 271 g/mol. The largest absolute Gasteiger partial charge is 0.396 e. The van der Waals surface area contributed by atoms with Crippen LogP contribution in [-0.4, -0.2) is 11.7 Å². The van der Waals surface area contributed by atoms with Crippen molar-refractivity contribution in [2.45, 2.75) is 98.8 Å². The zero-order valence-electron chi connectivity index (χ0n) is 14.2. The molecule has 0 rings (SSSR count). The molecule has 0 spiro atoms. The molecule has 0 fully saturated rings. The molecule has 0 saturated carbocycles. The topological polar surface area (TPSA) is 20.2 Å². The second kappa shape index (κ2) is 9.80. The van der Waals surface area contributed by atoms with Gasteiger partial charge < -0.3 is 5.11 Å². The van der Waals surface area contributed by atoms with Gasteiger partial charge in [0, 0.05) is 6.61 Å². The highest BCUT2D eigenvalue weighted by Crippen LogP contribution is 2.29. The first-order valence-electron chi connectivity index (χ1n) is 8.44. The minimum Gasteiger partial charge on any atom is -0.396 e. The monoisotopic (exact) mass is 270 g/mol. The number of rotatable bonds is 12. The Morgan fingerprint density at radius 1 is 0.632 bits per heavy atom. The summed E-state index contributed by atoms with van der Waals surface area (Å²) < 4.78 is 0. The van der Waals surface area contributed by atoms with Crippen molar-refractivity contribution >= 4 is 0 Å². The van der Waals surface area contributed by atoms with Crippen LogP contribution in [0, 0.1) is 10.8 Å². The second-order valence-electron chi connectivity index (χ2n) is 7.78. The quantitative estimate of drug-likeness (QED) is 0.434. The number of hydrogen-bond donors (Lipinski definition) is 1. The minimum absolute atomic E-state index is 0.333. The Kier molecular flexibility index (Phi) is 9.78. The van der Waals surface area contributed by atoms with Gasteiger partial charge in [0.2, 0.25) is 0 Å². The molecule has 116 valence electrons. The van der Waals surface area contributed by atoms with Crippen molar-refractivity contribution in [1.82, 2.24) is 0 Å². The van der Waals surface area contributed by atoms with Gasteiger partial charge >= 0.3 is 0 Å². The molecule has 0 aromatic carbocycles. The Morgan fingerprint density at radius 2 is 1.05 bits per heavy atom. The van der Waals surface area contributed by atoms with Gasteiger partial charge in [-0.1, -0.05) is 79.6 Å². The van der Waals surface area contributed by atoms with Crippen LogP contribution in [0.25, 0.3) is 0 Å². The summed E-state index contributed by atoms with van der Waals surface area (Å²) in [6, 6.07) is 0. The SMILES string of the molecule is CCC(C)(C)CCCCCCCCC(C)(C)CCO. The Balaban J connectivity index is 3.37. The van der Waals surface area contributed by atoms with Crippen LogP contribution in [0.15, 0.2) is 0 Å². The first-order chi connectivity index (χ1) is 8.83. The molecule has 0 aromatic heterocycles. The third kappa shape index (κ3) is 11.5. The molecule has 0 atom stereocenters. The fraction of sp³-hybridized carbons (Fsp3) is 1.00. The predicted octanol–water partition coefficient (Wildman–Crippen LogP) is 5.95. The van der Waals surface area contributed by atoms with Gasteiger partial charge in [0.25, 0.3) is 0 Å². The van der Waals surface area contributed by atoms with E-state index in [-0.39, 0.29) is 0 Å². The number of aliphatic hydroxyl groups is 1. The molecule has 1 N–H and O–H groups in total. The fourth-order valence-electron chi connectivity index (χ4n) is 2.52. The number of hydrogen-bond acceptors (Lipinski definition) is 1. The smallest absolute Gasteiger partial charge is 0.0436 e. The average Bonchev–Trinajstić information content (AvgIpc) is 2.32. The standard InChI is InChI=1S/C18H38O/c1-6-17(2,3)13-11-9-7-8-10-12-14-18(4,5)15-16-19/h19H,6-16H2,1-5H3. The lowest BCUT2D eigenvalue weighted by molar-refractivity contribution is 0.198. The lowest BCUT2D eigenvalue weighted by Gasteiger charge is -2.23. The molecule has 0 amide bonds. The van der Waals surface area contributed by atoms with Crippen molar-refractivity contribution in [3.8, 4) is 0 Å². The van der Waals surface area contributed by atoms with Crippen molar-refractivity contribution in [2.24, 2.45) is 10.8 Å². The van der Waals surface area contributed by atoms with Crippen LogP contribution < -0.4 is 0 Å². The molecule has 0 unspecified atom stereocenters. The first kappa shape index (κ1) is 19.0. The van der Waals surface area contributed by atoms with E-state index in [0.717, 1.165) is 6.42 Å². The highest BCUT2D eigenvalue weighted by atomic mass is 16.3. The molecule has 19 heavy (non-hydrogen) atoms. The van der Waals surface area contributed by atoms with Crippen molar-refractivity contribution in [3.63, 3.8) is 0 Å². The van der Waals surface area contributed by atoms with Crippen molar-refractivity contribution < 1.29 is 5.11 Å². The maximum absolute atomic E-state index is 8.99. The Morgan fingerprint density at radius 3 is 1.47 bits per heavy atom. The summed E-state index contributed by atoms with van der Waals surface area (Å²) in [6.07, 6.45) is 13.2. The molecule has 0 aliphatic rings. The zero-order valence-corrected chi connectivity index (χ0v) is 14.2. The van der Waals surface area contributed by atoms with Crippen molar-refractivity contribution in [2.75, 3.05) is 6.61 Å². The van der Waals surface area contributed by atoms with Crippen LogP contribution in [0.2, 0.25) is 0 Å². The molecule has 0 aliphatic carbocycles. The van der Waals surface area contributed by atoms with E-state index in [1.54, 1.807) is 0 Å². The minimum atomic E-state index is 0.333. The van der Waals surface area contributed by atoms with Crippen LogP contribution in [-0.2, 0) is 0 Å². The highest BCUT2D eigenvalue weighted by Gasteiger charge is 2.16. The summed E-state index contributed by atoms with van der Waals surface area (Å²) in [6.45, 7) is 12.0. The van der Waals surface area contributed by atoms with E-state index < -0.39 is 0 Å². The van der Waals surface area contributed by atoms with E-state index in [1.165, 1.54) is 57.8 Å². The van der Waals surface area contributed by atoms with Crippen LogP contribution in [0.1, 0.15) is 98.8 Å². The van der Waals surface area contributed by atoms with E-state index >= 15 is 0 Å². The van der Waals surface area contributed by atoms with E-state index in [0.29, 0.717) is 17.4 Å². The van der Waals surface area contributed by atoms with Gasteiger partial charge in [0.15, 0.2) is 0 Å². The molecule has 1 heteroatoms. The lowest BCUT2D eigenvalue weighted by Crippen LogP contribution is -2.13. The second-order valence-corrected chi connectivity index (χ2v) is 7.78. The molecular formula is C18H38O. The summed E-state index contributed by atoms with van der Waals surface area (Å²) in [4.78, 5) is 0. The highest BCUT2D eigenvalue weighted by molar-refractivity contribution is 4.68. The molecule has 0 heterocycles. The normalized spacial score (nSPS) is 12.9. The van der Waals surface area contributed by atoms with Gasteiger partial charge in [0.1, 0.15) is 0 Å². The predicted molar refractivity (Wildman–Crippen MR) is 86.5 cm³/mol. The first-order valence-corrected chi connectivity index (χ1v) is 8.44. The molecule has 0 aliphatic heterocycles. The van der Waals surface area contributed by atoms with Gasteiger partial charge in [-0.25, -0.2) is 0 Å². The summed E-state index contributed by atoms with van der Waals surface area (Å²) in [5.74, 6) is 0. The van der Waals surface area contributed by atoms with E-state index in [4.69, 9.17) is 5.11 Å². The third-order valence-corrected chi connectivity index (χ3v) is 4.70. The number of unbranched alkanes of at least 4 members (excludes halogenated alkanes) is 5. The molecule has 0 bridgehead atoms. The summed E-state index contributed by atoms with van der Waals surface area (Å²) in [5.41, 5.74) is 0.883. The van der Waals surface area contributed by atoms with Crippen LogP contribution in [0.3, 0.4) is 0 Å². The van der Waals surface area contributed by atoms with Crippen molar-refractivity contribution in [3.05, 3.63) is 0 Å². The van der Waals surface area contributed by atoms with Gasteiger partial charge in [0.05, 0.1) is 0 Å². The lowest BCUT2D eigenvalue weighted by atomic mass is 9.83. The zero-order chi connectivity index (χ0) is 14.8. The van der Waals surface area contributed by atoms with Gasteiger partial charge in [-0.15, -0.1) is 0 Å². The number of aliphatic hydroxyl groups excluding tert-OH is 1. The summed E-state index contributed by atoms with van der Waals surface area (Å²) >= 11 is 0. The maximum atomic E-state index is 8.99. The molecule has 1 nitrogen and oxygen atoms in total. The molecular weight excluding hydrogens is 232 g/mol. The van der Waals surface area contributed by atoms with Crippen molar-refractivity contribution in [1.29, 1.82) is 0 Å². The molecule has 0 aromatic rings. The Labute approximate surface area is 122 Å². The van der Waals surface area contributed by atoms with Gasteiger partial charge in [-0.05, 0) is 30.1 Å². The van der Waals surface area contributed by atoms with E-state index in [2.05, 4.69) is 34.6 Å². The van der Waals surface area contributed by atoms with Crippen LogP contribution in [0.5, 0.6) is 0 Å². The van der Waals surface area contributed by atoms with Crippen LogP contribution >= 0.6 is 0 Å². The van der Waals surface area contributed by atoms with Crippen LogP contribution in [0.4, 0.5) is 0 Å². The summed E-state index contributed by atoms with van der Waals surface area (Å²) in [5, 5.41) is 8.99. The van der Waals surface area contributed by atoms with Gasteiger partial charge in [-0.3, -0.25) is 0 Å². The molecule has 0 radical (unpaired) electrons. The Bertz CT molecular complexity index is 206. The van der Waals surface area contributed by atoms with Gasteiger partial charge in [-0.2, -0.15) is 0 Å². The third-order valence-electron chi connectivity index (χ3n) is 4.70. The maximum Gasteiger partial charge on any atom is 0.0436 e.